The number of rotatable bonds is 15. The molecular weight excluding hydrogens is 490 g/mol. The van der Waals surface area contributed by atoms with Crippen LogP contribution in [-0.2, 0) is 30.4 Å². The third kappa shape index (κ3) is 10.5. The zero-order valence-corrected chi connectivity index (χ0v) is 21.3. The number of nitrogens with two attached hydrogens (primary N) is 2. The summed E-state index contributed by atoms with van der Waals surface area (Å²) in [6.45, 7) is 3.34. The predicted octanol–water partition coefficient (Wildman–Crippen LogP) is -0.914. The maximum atomic E-state index is 13.1. The number of phenols is 1. The van der Waals surface area contributed by atoms with E-state index in [1.165, 1.54) is 23.9 Å². The molecule has 0 aliphatic rings. The van der Waals surface area contributed by atoms with Gasteiger partial charge in [0.25, 0.3) is 0 Å². The lowest BCUT2D eigenvalue weighted by molar-refractivity contribution is -0.142. The first-order chi connectivity index (χ1) is 16.8. The van der Waals surface area contributed by atoms with Gasteiger partial charge in [-0.15, -0.1) is 0 Å². The van der Waals surface area contributed by atoms with Crippen molar-refractivity contribution in [3.63, 3.8) is 0 Å². The molecule has 0 aliphatic carbocycles. The summed E-state index contributed by atoms with van der Waals surface area (Å²) >= 11 is 1.43. The molecule has 0 heterocycles. The zero-order chi connectivity index (χ0) is 27.4. The fourth-order valence-corrected chi connectivity index (χ4v) is 3.68. The molecule has 13 heteroatoms. The first-order valence-corrected chi connectivity index (χ1v) is 12.7. The molecule has 1 rings (SSSR count). The van der Waals surface area contributed by atoms with Crippen LogP contribution in [0.4, 0.5) is 0 Å². The van der Waals surface area contributed by atoms with E-state index in [9.17, 15) is 34.2 Å². The van der Waals surface area contributed by atoms with E-state index in [1.807, 2.05) is 6.26 Å². The van der Waals surface area contributed by atoms with E-state index in [4.69, 9.17) is 11.5 Å². The van der Waals surface area contributed by atoms with Crippen LogP contribution < -0.4 is 27.4 Å². The Morgan fingerprint density at radius 1 is 0.944 bits per heavy atom. The molecule has 1 aromatic carbocycles. The number of nitrogens with one attached hydrogen (secondary N) is 3. The maximum Gasteiger partial charge on any atom is 0.326 e. The summed E-state index contributed by atoms with van der Waals surface area (Å²) in [5, 5.41) is 26.5. The number of benzene rings is 1. The maximum absolute atomic E-state index is 13.1. The Bertz CT molecular complexity index is 926. The number of primary amides is 1. The molecule has 4 atom stereocenters. The minimum atomic E-state index is -1.25. The number of phenolic OH excluding ortho intramolecular Hbond substituents is 1. The van der Waals surface area contributed by atoms with Gasteiger partial charge >= 0.3 is 5.97 Å². The average Bonchev–Trinajstić information content (AvgIpc) is 2.79. The Morgan fingerprint density at radius 2 is 1.53 bits per heavy atom. The number of carboxylic acid groups (broad SMARTS) is 1. The van der Waals surface area contributed by atoms with Crippen molar-refractivity contribution in [2.45, 2.75) is 57.3 Å². The highest BCUT2D eigenvalue weighted by atomic mass is 32.2. The van der Waals surface area contributed by atoms with Crippen molar-refractivity contribution in [1.29, 1.82) is 0 Å². The second-order valence-electron chi connectivity index (χ2n) is 8.62. The smallest absolute Gasteiger partial charge is 0.326 e. The van der Waals surface area contributed by atoms with Crippen molar-refractivity contribution >= 4 is 41.4 Å². The minimum absolute atomic E-state index is 0.00727. The SMILES string of the molecule is CSCCC(NC(=O)C(Cc1ccc(O)cc1)NC(=O)C(NC(=O)C(N)CC(N)=O)C(C)C)C(=O)O. The van der Waals surface area contributed by atoms with Gasteiger partial charge in [0.15, 0.2) is 0 Å². The summed E-state index contributed by atoms with van der Waals surface area (Å²) in [4.78, 5) is 61.2. The van der Waals surface area contributed by atoms with Crippen molar-refractivity contribution < 1.29 is 34.2 Å². The molecule has 12 nitrogen and oxygen atoms in total. The van der Waals surface area contributed by atoms with Gasteiger partial charge in [0.2, 0.25) is 23.6 Å². The molecule has 0 radical (unpaired) electrons. The third-order valence-corrected chi connectivity index (χ3v) is 5.88. The minimum Gasteiger partial charge on any atom is -0.508 e. The van der Waals surface area contributed by atoms with E-state index < -0.39 is 66.1 Å². The van der Waals surface area contributed by atoms with Crippen molar-refractivity contribution in [1.82, 2.24) is 16.0 Å². The van der Waals surface area contributed by atoms with Crippen molar-refractivity contribution in [2.24, 2.45) is 17.4 Å². The number of aromatic hydroxyl groups is 1. The fraction of sp³-hybridized carbons (Fsp3) is 0.522. The van der Waals surface area contributed by atoms with Crippen LogP contribution in [0.25, 0.3) is 0 Å². The molecule has 1 aromatic rings. The van der Waals surface area contributed by atoms with Gasteiger partial charge in [-0.1, -0.05) is 26.0 Å². The van der Waals surface area contributed by atoms with Gasteiger partial charge < -0.3 is 37.6 Å². The summed E-state index contributed by atoms with van der Waals surface area (Å²) in [7, 11) is 0. The van der Waals surface area contributed by atoms with E-state index in [0.717, 1.165) is 0 Å². The summed E-state index contributed by atoms with van der Waals surface area (Å²) in [6.07, 6.45) is 1.58. The van der Waals surface area contributed by atoms with Gasteiger partial charge in [0, 0.05) is 6.42 Å². The number of hydrogen-bond acceptors (Lipinski definition) is 8. The number of thioether (sulfide) groups is 1. The number of carbonyl (C=O) groups excluding carboxylic acids is 4. The highest BCUT2D eigenvalue weighted by Gasteiger charge is 2.32. The molecule has 0 saturated carbocycles. The highest BCUT2D eigenvalue weighted by Crippen LogP contribution is 2.13. The van der Waals surface area contributed by atoms with Crippen LogP contribution in [-0.4, -0.2) is 76.0 Å². The van der Waals surface area contributed by atoms with Crippen molar-refractivity contribution in [3.05, 3.63) is 29.8 Å². The Balaban J connectivity index is 3.11. The lowest BCUT2D eigenvalue weighted by atomic mass is 10.00. The molecule has 4 unspecified atom stereocenters. The van der Waals surface area contributed by atoms with Gasteiger partial charge in [0.05, 0.1) is 12.5 Å². The van der Waals surface area contributed by atoms with Crippen LogP contribution in [0.15, 0.2) is 24.3 Å². The standard InChI is InChI=1S/C23H35N5O7S/c1-12(2)19(28-20(31)15(24)11-18(25)30)22(33)27-17(10-13-4-6-14(29)7-5-13)21(32)26-16(23(34)35)8-9-36-3/h4-7,12,15-17,19,29H,8-11,24H2,1-3H3,(H2,25,30)(H,26,32)(H,27,33)(H,28,31)(H,34,35). The van der Waals surface area contributed by atoms with Crippen molar-refractivity contribution in [3.8, 4) is 5.75 Å². The second-order valence-corrected chi connectivity index (χ2v) is 9.61. The Labute approximate surface area is 213 Å². The quantitative estimate of drug-likeness (QED) is 0.151. The lowest BCUT2D eigenvalue weighted by Crippen LogP contribution is -2.59. The predicted molar refractivity (Wildman–Crippen MR) is 135 cm³/mol. The zero-order valence-electron chi connectivity index (χ0n) is 20.5. The molecule has 200 valence electrons. The third-order valence-electron chi connectivity index (χ3n) is 5.24. The van der Waals surface area contributed by atoms with Gasteiger partial charge in [-0.25, -0.2) is 4.79 Å². The van der Waals surface area contributed by atoms with E-state index in [-0.39, 0.29) is 18.6 Å². The molecule has 0 bridgehead atoms. The average molecular weight is 526 g/mol. The molecular formula is C23H35N5O7S. The topological polar surface area (TPSA) is 214 Å². The van der Waals surface area contributed by atoms with Crippen LogP contribution in [0.1, 0.15) is 32.3 Å². The fourth-order valence-electron chi connectivity index (χ4n) is 3.21. The Morgan fingerprint density at radius 3 is 2.03 bits per heavy atom. The number of amides is 4. The molecule has 0 spiro atoms. The second kappa shape index (κ2) is 14.9. The molecule has 9 N–H and O–H groups in total. The first-order valence-electron chi connectivity index (χ1n) is 11.3. The summed E-state index contributed by atoms with van der Waals surface area (Å²) in [5.41, 5.74) is 11.3. The summed E-state index contributed by atoms with van der Waals surface area (Å²) < 4.78 is 0. The molecule has 4 amide bonds. The van der Waals surface area contributed by atoms with Gasteiger partial charge in [-0.05, 0) is 42.0 Å². The van der Waals surface area contributed by atoms with Crippen LogP contribution in [0, 0.1) is 5.92 Å². The summed E-state index contributed by atoms with van der Waals surface area (Å²) in [6, 6.07) is 1.28. The number of carbonyl (C=O) groups is 5. The monoisotopic (exact) mass is 525 g/mol. The van der Waals surface area contributed by atoms with E-state index in [0.29, 0.717) is 11.3 Å². The Hall–Kier alpha value is -3.32. The van der Waals surface area contributed by atoms with Crippen LogP contribution in [0.5, 0.6) is 5.75 Å². The van der Waals surface area contributed by atoms with E-state index >= 15 is 0 Å². The largest absolute Gasteiger partial charge is 0.508 e. The Kier molecular flexibility index (Phi) is 12.7. The molecule has 0 aliphatic heterocycles. The number of carboxylic acids is 1. The molecule has 0 fully saturated rings. The van der Waals surface area contributed by atoms with Crippen molar-refractivity contribution in [2.75, 3.05) is 12.0 Å². The van der Waals surface area contributed by atoms with Crippen LogP contribution >= 0.6 is 11.8 Å². The summed E-state index contributed by atoms with van der Waals surface area (Å²) in [5.74, 6) is -4.05. The highest BCUT2D eigenvalue weighted by molar-refractivity contribution is 7.98. The van der Waals surface area contributed by atoms with Gasteiger partial charge in [-0.3, -0.25) is 19.2 Å². The number of hydrogen-bond donors (Lipinski definition) is 7. The van der Waals surface area contributed by atoms with Crippen LogP contribution in [0.3, 0.4) is 0 Å². The molecule has 0 saturated heterocycles. The molecule has 0 aromatic heterocycles. The van der Waals surface area contributed by atoms with E-state index in [1.54, 1.807) is 26.0 Å². The van der Waals surface area contributed by atoms with E-state index in [2.05, 4.69) is 16.0 Å². The molecule has 36 heavy (non-hydrogen) atoms. The lowest BCUT2D eigenvalue weighted by Gasteiger charge is -2.27. The van der Waals surface area contributed by atoms with Gasteiger partial charge in [0.1, 0.15) is 23.9 Å². The number of aliphatic carboxylic acids is 1. The van der Waals surface area contributed by atoms with Gasteiger partial charge in [-0.2, -0.15) is 11.8 Å². The normalized spacial score (nSPS) is 14.2. The van der Waals surface area contributed by atoms with Crippen LogP contribution in [0.2, 0.25) is 0 Å². The first kappa shape index (κ1) is 30.7.